The molecule has 0 aliphatic rings. The normalized spacial score (nSPS) is 10.3. The van der Waals surface area contributed by atoms with E-state index in [0.717, 1.165) is 0 Å². The molecule has 0 saturated heterocycles. The molecule has 0 spiro atoms. The summed E-state index contributed by atoms with van der Waals surface area (Å²) in [5.41, 5.74) is 0.353. The highest BCUT2D eigenvalue weighted by atomic mass is 19.1. The van der Waals surface area contributed by atoms with Crippen molar-refractivity contribution in [3.05, 3.63) is 59.4 Å². The summed E-state index contributed by atoms with van der Waals surface area (Å²) in [4.78, 5) is 10.4. The van der Waals surface area contributed by atoms with Gasteiger partial charge in [-0.3, -0.25) is 4.79 Å². The fourth-order valence-corrected chi connectivity index (χ4v) is 1.55. The molecule has 2 rings (SSSR count). The molecule has 2 aromatic rings. The maximum absolute atomic E-state index is 13.4. The summed E-state index contributed by atoms with van der Waals surface area (Å²) in [5.74, 6) is -2.91. The molecular weight excluding hydrogens is 229 g/mol. The van der Waals surface area contributed by atoms with E-state index in [9.17, 15) is 18.0 Å². The van der Waals surface area contributed by atoms with Crippen LogP contribution in [0.15, 0.2) is 36.4 Å². The number of halogens is 3. The molecule has 0 unspecified atom stereocenters. The quantitative estimate of drug-likeness (QED) is 0.728. The molecule has 0 atom stereocenters. The van der Waals surface area contributed by atoms with E-state index in [1.807, 2.05) is 0 Å². The molecule has 0 N–H and O–H groups in total. The van der Waals surface area contributed by atoms with Crippen LogP contribution < -0.4 is 0 Å². The zero-order valence-electron chi connectivity index (χ0n) is 8.58. The lowest BCUT2D eigenvalue weighted by atomic mass is 10.0. The van der Waals surface area contributed by atoms with Gasteiger partial charge in [-0.1, -0.05) is 24.3 Å². The van der Waals surface area contributed by atoms with Gasteiger partial charge in [0.15, 0.2) is 0 Å². The number of carbonyl (C=O) groups excluding carboxylic acids is 1. The van der Waals surface area contributed by atoms with Crippen LogP contribution in [-0.4, -0.2) is 6.29 Å². The largest absolute Gasteiger partial charge is 0.298 e. The summed E-state index contributed by atoms with van der Waals surface area (Å²) in [6.07, 6.45) is 0.626. The van der Waals surface area contributed by atoms with E-state index in [4.69, 9.17) is 0 Å². The molecule has 0 fully saturated rings. The molecule has 4 heteroatoms. The fourth-order valence-electron chi connectivity index (χ4n) is 1.55. The molecule has 86 valence electrons. The second kappa shape index (κ2) is 4.41. The SMILES string of the molecule is O=Cc1ccc(-c2c(F)cc(F)cc2F)cc1. The van der Waals surface area contributed by atoms with Gasteiger partial charge >= 0.3 is 0 Å². The van der Waals surface area contributed by atoms with Crippen molar-refractivity contribution in [3.63, 3.8) is 0 Å². The Morgan fingerprint density at radius 2 is 1.41 bits per heavy atom. The monoisotopic (exact) mass is 236 g/mol. The first-order valence-corrected chi connectivity index (χ1v) is 4.82. The molecule has 17 heavy (non-hydrogen) atoms. The van der Waals surface area contributed by atoms with Gasteiger partial charge in [0.1, 0.15) is 23.7 Å². The minimum atomic E-state index is -0.971. The summed E-state index contributed by atoms with van der Waals surface area (Å²) in [6.45, 7) is 0. The Morgan fingerprint density at radius 1 is 0.882 bits per heavy atom. The van der Waals surface area contributed by atoms with Gasteiger partial charge in [0.05, 0.1) is 5.56 Å². The molecule has 0 saturated carbocycles. The van der Waals surface area contributed by atoms with Gasteiger partial charge in [0.2, 0.25) is 0 Å². The van der Waals surface area contributed by atoms with Crippen LogP contribution in [0.5, 0.6) is 0 Å². The van der Waals surface area contributed by atoms with E-state index >= 15 is 0 Å². The minimum Gasteiger partial charge on any atom is -0.298 e. The van der Waals surface area contributed by atoms with E-state index < -0.39 is 17.5 Å². The molecule has 0 heterocycles. The first kappa shape index (κ1) is 11.4. The Morgan fingerprint density at radius 3 is 1.88 bits per heavy atom. The lowest BCUT2D eigenvalue weighted by Crippen LogP contribution is -1.92. The summed E-state index contributed by atoms with van der Waals surface area (Å²) < 4.78 is 39.6. The van der Waals surface area contributed by atoms with Crippen molar-refractivity contribution in [3.8, 4) is 11.1 Å². The van der Waals surface area contributed by atoms with E-state index in [0.29, 0.717) is 24.0 Å². The van der Waals surface area contributed by atoms with Crippen LogP contribution in [0.25, 0.3) is 11.1 Å². The van der Waals surface area contributed by atoms with Crippen molar-refractivity contribution in [2.75, 3.05) is 0 Å². The van der Waals surface area contributed by atoms with E-state index in [-0.39, 0.29) is 11.1 Å². The second-order valence-electron chi connectivity index (χ2n) is 3.48. The molecule has 1 nitrogen and oxygen atoms in total. The zero-order valence-corrected chi connectivity index (χ0v) is 8.58. The van der Waals surface area contributed by atoms with Crippen LogP contribution in [0.1, 0.15) is 10.4 Å². The van der Waals surface area contributed by atoms with Gasteiger partial charge in [0.25, 0.3) is 0 Å². The number of rotatable bonds is 2. The van der Waals surface area contributed by atoms with Crippen LogP contribution in [0.3, 0.4) is 0 Å². The van der Waals surface area contributed by atoms with Crippen LogP contribution in [0.4, 0.5) is 13.2 Å². The summed E-state index contributed by atoms with van der Waals surface area (Å²) in [7, 11) is 0. The lowest BCUT2D eigenvalue weighted by Gasteiger charge is -2.05. The fraction of sp³-hybridized carbons (Fsp3) is 0. The van der Waals surface area contributed by atoms with Crippen LogP contribution in [-0.2, 0) is 0 Å². The smallest absolute Gasteiger partial charge is 0.150 e. The number of benzene rings is 2. The Labute approximate surface area is 95.5 Å². The van der Waals surface area contributed by atoms with E-state index in [1.54, 1.807) is 0 Å². The molecule has 0 aromatic heterocycles. The number of aldehydes is 1. The minimum absolute atomic E-state index is 0.255. The van der Waals surface area contributed by atoms with Gasteiger partial charge in [-0.2, -0.15) is 0 Å². The van der Waals surface area contributed by atoms with Crippen molar-refractivity contribution in [1.82, 2.24) is 0 Å². The maximum Gasteiger partial charge on any atom is 0.150 e. The first-order chi connectivity index (χ1) is 8.11. The maximum atomic E-state index is 13.4. The van der Waals surface area contributed by atoms with Gasteiger partial charge in [-0.05, 0) is 5.56 Å². The highest BCUT2D eigenvalue weighted by Crippen LogP contribution is 2.26. The topological polar surface area (TPSA) is 17.1 Å². The van der Waals surface area contributed by atoms with Crippen molar-refractivity contribution in [2.24, 2.45) is 0 Å². The third-order valence-corrected chi connectivity index (χ3v) is 2.34. The Bertz CT molecular complexity index is 538. The molecule has 2 aromatic carbocycles. The summed E-state index contributed by atoms with van der Waals surface area (Å²) >= 11 is 0. The predicted octanol–water partition coefficient (Wildman–Crippen LogP) is 3.58. The Balaban J connectivity index is 2.56. The van der Waals surface area contributed by atoms with Gasteiger partial charge < -0.3 is 0 Å². The highest BCUT2D eigenvalue weighted by Gasteiger charge is 2.13. The van der Waals surface area contributed by atoms with Crippen LogP contribution >= 0.6 is 0 Å². The van der Waals surface area contributed by atoms with Crippen LogP contribution in [0, 0.1) is 17.5 Å². The van der Waals surface area contributed by atoms with Gasteiger partial charge in [-0.25, -0.2) is 13.2 Å². The Hall–Kier alpha value is -2.10. The first-order valence-electron chi connectivity index (χ1n) is 4.82. The predicted molar refractivity (Wildman–Crippen MR) is 57.1 cm³/mol. The lowest BCUT2D eigenvalue weighted by molar-refractivity contribution is 0.112. The summed E-state index contributed by atoms with van der Waals surface area (Å²) in [6, 6.07) is 6.92. The van der Waals surface area contributed by atoms with E-state index in [2.05, 4.69) is 0 Å². The third-order valence-electron chi connectivity index (χ3n) is 2.34. The molecular formula is C13H7F3O. The number of carbonyl (C=O) groups is 1. The molecule has 0 amide bonds. The third kappa shape index (κ3) is 2.20. The highest BCUT2D eigenvalue weighted by molar-refractivity contribution is 5.77. The molecule has 0 bridgehead atoms. The van der Waals surface area contributed by atoms with Crippen molar-refractivity contribution >= 4 is 6.29 Å². The molecule has 0 aliphatic heterocycles. The molecule has 0 aliphatic carbocycles. The van der Waals surface area contributed by atoms with Crippen molar-refractivity contribution < 1.29 is 18.0 Å². The van der Waals surface area contributed by atoms with Gasteiger partial charge in [-0.15, -0.1) is 0 Å². The van der Waals surface area contributed by atoms with Crippen molar-refractivity contribution in [1.29, 1.82) is 0 Å². The zero-order chi connectivity index (χ0) is 12.4. The van der Waals surface area contributed by atoms with Gasteiger partial charge in [0, 0.05) is 17.7 Å². The van der Waals surface area contributed by atoms with Crippen molar-refractivity contribution in [2.45, 2.75) is 0 Å². The standard InChI is InChI=1S/C13H7F3O/c14-10-5-11(15)13(12(16)6-10)9-3-1-8(7-17)2-4-9/h1-7H. The average molecular weight is 236 g/mol. The Kier molecular flexibility index (Phi) is 2.95. The second-order valence-corrected chi connectivity index (χ2v) is 3.48. The van der Waals surface area contributed by atoms with E-state index in [1.165, 1.54) is 24.3 Å². The van der Waals surface area contributed by atoms with Crippen LogP contribution in [0.2, 0.25) is 0 Å². The average Bonchev–Trinajstić information content (AvgIpc) is 2.28. The molecule has 0 radical (unpaired) electrons. The number of hydrogen-bond acceptors (Lipinski definition) is 1. The summed E-state index contributed by atoms with van der Waals surface area (Å²) in [5, 5.41) is 0. The number of hydrogen-bond donors (Lipinski definition) is 0.